The Labute approximate surface area is 129 Å². The molecule has 0 aromatic heterocycles. The van der Waals surface area contributed by atoms with Crippen LogP contribution in [0.4, 0.5) is 0 Å². The van der Waals surface area contributed by atoms with E-state index in [9.17, 15) is 5.11 Å². The van der Waals surface area contributed by atoms with E-state index in [1.807, 2.05) is 0 Å². The second kappa shape index (κ2) is 6.95. The summed E-state index contributed by atoms with van der Waals surface area (Å²) in [5, 5.41) is 13.3. The molecule has 3 aliphatic rings. The summed E-state index contributed by atoms with van der Waals surface area (Å²) in [6, 6.07) is 1.32. The normalized spacial score (nSPS) is 33.4. The Bertz CT molecular complexity index is 333. The maximum absolute atomic E-state index is 9.69. The third-order valence-electron chi connectivity index (χ3n) is 5.50. The van der Waals surface area contributed by atoms with Gasteiger partial charge in [0.2, 0.25) is 0 Å². The van der Waals surface area contributed by atoms with Gasteiger partial charge in [-0.1, -0.05) is 12.8 Å². The van der Waals surface area contributed by atoms with Gasteiger partial charge in [0.15, 0.2) is 0 Å². The molecule has 2 N–H and O–H groups in total. The van der Waals surface area contributed by atoms with Gasteiger partial charge in [-0.25, -0.2) is 0 Å². The zero-order valence-corrected chi connectivity index (χ0v) is 13.5. The number of nitrogens with one attached hydrogen (secondary N) is 1. The van der Waals surface area contributed by atoms with Gasteiger partial charge in [-0.05, 0) is 52.0 Å². The number of aliphatic hydroxyl groups excluding tert-OH is 1. The highest BCUT2D eigenvalue weighted by Gasteiger charge is 2.35. The van der Waals surface area contributed by atoms with Crippen molar-refractivity contribution in [3.63, 3.8) is 0 Å². The van der Waals surface area contributed by atoms with Gasteiger partial charge in [-0.15, -0.1) is 0 Å². The molecule has 122 valence electrons. The lowest BCUT2D eigenvalue weighted by atomic mass is 9.89. The van der Waals surface area contributed by atoms with Gasteiger partial charge >= 0.3 is 0 Å². The van der Waals surface area contributed by atoms with Crippen LogP contribution in [0.1, 0.15) is 58.3 Å². The molecule has 2 aliphatic carbocycles. The van der Waals surface area contributed by atoms with E-state index in [4.69, 9.17) is 4.74 Å². The van der Waals surface area contributed by atoms with Crippen molar-refractivity contribution in [1.29, 1.82) is 0 Å². The van der Waals surface area contributed by atoms with Crippen LogP contribution in [0.15, 0.2) is 0 Å². The minimum Gasteiger partial charge on any atom is -0.394 e. The molecule has 4 heteroatoms. The molecule has 0 amide bonds. The number of morpholine rings is 1. The summed E-state index contributed by atoms with van der Waals surface area (Å²) in [6.07, 6.45) is 10.5. The van der Waals surface area contributed by atoms with Gasteiger partial charge in [-0.3, -0.25) is 4.90 Å². The Morgan fingerprint density at radius 1 is 1.24 bits per heavy atom. The first-order valence-electron chi connectivity index (χ1n) is 8.94. The van der Waals surface area contributed by atoms with E-state index in [0.717, 1.165) is 26.1 Å². The van der Waals surface area contributed by atoms with Crippen LogP contribution in [0.2, 0.25) is 0 Å². The van der Waals surface area contributed by atoms with Crippen LogP contribution in [0.25, 0.3) is 0 Å². The molecule has 3 rings (SSSR count). The van der Waals surface area contributed by atoms with Crippen molar-refractivity contribution in [2.24, 2.45) is 0 Å². The molecule has 4 nitrogen and oxygen atoms in total. The highest BCUT2D eigenvalue weighted by Crippen LogP contribution is 2.29. The lowest BCUT2D eigenvalue weighted by molar-refractivity contribution is -0.0886. The van der Waals surface area contributed by atoms with Crippen molar-refractivity contribution in [1.82, 2.24) is 10.2 Å². The van der Waals surface area contributed by atoms with Crippen LogP contribution in [-0.4, -0.2) is 60.0 Å². The van der Waals surface area contributed by atoms with E-state index in [-0.39, 0.29) is 12.1 Å². The predicted molar refractivity (Wildman–Crippen MR) is 84.5 cm³/mol. The van der Waals surface area contributed by atoms with Crippen LogP contribution >= 0.6 is 0 Å². The number of rotatable bonds is 7. The molecule has 0 spiro atoms. The molecule has 2 saturated carbocycles. The van der Waals surface area contributed by atoms with Gasteiger partial charge in [-0.2, -0.15) is 0 Å². The molecule has 21 heavy (non-hydrogen) atoms. The molecule has 0 radical (unpaired) electrons. The summed E-state index contributed by atoms with van der Waals surface area (Å²) in [7, 11) is 0. The number of ether oxygens (including phenoxy) is 1. The molecular weight excluding hydrogens is 264 g/mol. The molecule has 0 bridgehead atoms. The monoisotopic (exact) mass is 296 g/mol. The highest BCUT2D eigenvalue weighted by molar-refractivity contribution is 4.93. The number of fused-ring (bicyclic) bond motifs is 1. The van der Waals surface area contributed by atoms with Crippen molar-refractivity contribution < 1.29 is 9.84 Å². The lowest BCUT2D eigenvalue weighted by Crippen LogP contribution is -2.53. The summed E-state index contributed by atoms with van der Waals surface area (Å²) in [5.74, 6) is 0. The van der Waals surface area contributed by atoms with Crippen LogP contribution in [0.3, 0.4) is 0 Å². The molecule has 1 aliphatic heterocycles. The van der Waals surface area contributed by atoms with Crippen molar-refractivity contribution in [3.05, 3.63) is 0 Å². The molecule has 1 saturated heterocycles. The topological polar surface area (TPSA) is 44.7 Å². The summed E-state index contributed by atoms with van der Waals surface area (Å²) >= 11 is 0. The predicted octanol–water partition coefficient (Wildman–Crippen LogP) is 1.91. The third-order valence-corrected chi connectivity index (χ3v) is 5.50. The Morgan fingerprint density at radius 2 is 2.05 bits per heavy atom. The van der Waals surface area contributed by atoms with E-state index in [1.165, 1.54) is 44.9 Å². The standard InChI is InChI=1S/C17H32N2O2/c1-17(13-20,18-14-7-8-14)9-4-10-19-11-12-21-16-6-3-2-5-15(16)19/h14-16,18,20H,2-13H2,1H3. The van der Waals surface area contributed by atoms with Gasteiger partial charge in [0.1, 0.15) is 0 Å². The van der Waals surface area contributed by atoms with Crippen LogP contribution in [0.5, 0.6) is 0 Å². The molecule has 3 unspecified atom stereocenters. The van der Waals surface area contributed by atoms with E-state index < -0.39 is 0 Å². The molecule has 1 heterocycles. The summed E-state index contributed by atoms with van der Waals surface area (Å²) < 4.78 is 5.95. The molecule has 3 atom stereocenters. The number of hydrogen-bond acceptors (Lipinski definition) is 4. The molecular formula is C17H32N2O2. The Kier molecular flexibility index (Phi) is 5.20. The minimum absolute atomic E-state index is 0.0839. The zero-order chi connectivity index (χ0) is 14.7. The first kappa shape index (κ1) is 15.7. The fourth-order valence-corrected chi connectivity index (χ4v) is 4.04. The Morgan fingerprint density at radius 3 is 2.81 bits per heavy atom. The quantitative estimate of drug-likeness (QED) is 0.753. The van der Waals surface area contributed by atoms with Crippen LogP contribution in [0, 0.1) is 0 Å². The average molecular weight is 296 g/mol. The number of hydrogen-bond donors (Lipinski definition) is 2. The third kappa shape index (κ3) is 4.19. The lowest BCUT2D eigenvalue weighted by Gasteiger charge is -2.44. The highest BCUT2D eigenvalue weighted by atomic mass is 16.5. The maximum atomic E-state index is 9.69. The van der Waals surface area contributed by atoms with E-state index in [1.54, 1.807) is 0 Å². The van der Waals surface area contributed by atoms with Crippen molar-refractivity contribution in [3.8, 4) is 0 Å². The Balaban J connectivity index is 1.45. The second-order valence-electron chi connectivity index (χ2n) is 7.54. The second-order valence-corrected chi connectivity index (χ2v) is 7.54. The fraction of sp³-hybridized carbons (Fsp3) is 1.00. The fourth-order valence-electron chi connectivity index (χ4n) is 4.04. The van der Waals surface area contributed by atoms with E-state index in [0.29, 0.717) is 18.2 Å². The largest absolute Gasteiger partial charge is 0.394 e. The maximum Gasteiger partial charge on any atom is 0.0730 e. The van der Waals surface area contributed by atoms with Gasteiger partial charge in [0.05, 0.1) is 19.3 Å². The van der Waals surface area contributed by atoms with Crippen molar-refractivity contribution >= 4 is 0 Å². The molecule has 0 aromatic rings. The van der Waals surface area contributed by atoms with E-state index >= 15 is 0 Å². The number of aliphatic hydroxyl groups is 1. The minimum atomic E-state index is -0.0839. The van der Waals surface area contributed by atoms with Crippen molar-refractivity contribution in [2.75, 3.05) is 26.3 Å². The number of nitrogens with zero attached hydrogens (tertiary/aromatic N) is 1. The van der Waals surface area contributed by atoms with Crippen LogP contribution in [-0.2, 0) is 4.74 Å². The summed E-state index contributed by atoms with van der Waals surface area (Å²) in [5.41, 5.74) is -0.0839. The molecule has 0 aromatic carbocycles. The first-order valence-corrected chi connectivity index (χ1v) is 8.94. The van der Waals surface area contributed by atoms with Gasteiger partial charge in [0, 0.05) is 24.2 Å². The first-order chi connectivity index (χ1) is 10.2. The van der Waals surface area contributed by atoms with Crippen LogP contribution < -0.4 is 5.32 Å². The average Bonchev–Trinajstić information content (AvgIpc) is 3.31. The SMILES string of the molecule is CC(CO)(CCCN1CCOC2CCCCC21)NC1CC1. The van der Waals surface area contributed by atoms with Crippen molar-refractivity contribution in [2.45, 2.75) is 82.0 Å². The Hall–Kier alpha value is -0.160. The van der Waals surface area contributed by atoms with E-state index in [2.05, 4.69) is 17.1 Å². The smallest absolute Gasteiger partial charge is 0.0730 e. The molecule has 3 fully saturated rings. The summed E-state index contributed by atoms with van der Waals surface area (Å²) in [4.78, 5) is 2.66. The summed E-state index contributed by atoms with van der Waals surface area (Å²) in [6.45, 7) is 5.57. The zero-order valence-electron chi connectivity index (χ0n) is 13.5. The van der Waals surface area contributed by atoms with Gasteiger partial charge < -0.3 is 15.2 Å². The van der Waals surface area contributed by atoms with Gasteiger partial charge in [0.25, 0.3) is 0 Å².